The number of ether oxygens (including phenoxy) is 1. The zero-order valence-electron chi connectivity index (χ0n) is 12.8. The Bertz CT molecular complexity index is 806. The van der Waals surface area contributed by atoms with Crippen LogP contribution in [0, 0.1) is 6.92 Å². The van der Waals surface area contributed by atoms with Crippen molar-refractivity contribution in [2.75, 3.05) is 13.6 Å². The Morgan fingerprint density at radius 1 is 1.29 bits per heavy atom. The largest absolute Gasteiger partial charge is 0.573 e. The zero-order valence-corrected chi connectivity index (χ0v) is 12.8. The molecule has 0 aliphatic heterocycles. The molecule has 0 saturated heterocycles. The van der Waals surface area contributed by atoms with Gasteiger partial charge in [-0.2, -0.15) is 0 Å². The highest BCUT2D eigenvalue weighted by Crippen LogP contribution is 2.27. The Morgan fingerprint density at radius 3 is 2.54 bits per heavy atom. The number of carbonyl (C=O) groups excluding carboxylic acids is 2. The predicted molar refractivity (Wildman–Crippen MR) is 79.3 cm³/mol. The van der Waals surface area contributed by atoms with E-state index in [0.29, 0.717) is 16.6 Å². The van der Waals surface area contributed by atoms with Crippen LogP contribution in [0.4, 0.5) is 13.2 Å². The number of halogens is 3. The molecule has 9 heteroatoms. The third-order valence-corrected chi connectivity index (χ3v) is 3.18. The van der Waals surface area contributed by atoms with Gasteiger partial charge in [-0.3, -0.25) is 14.6 Å². The molecular formula is C15H14F3N3O3. The lowest BCUT2D eigenvalue weighted by molar-refractivity contribution is -0.274. The fraction of sp³-hybridized carbons (Fsp3) is 0.267. The average Bonchev–Trinajstić information content (AvgIpc) is 2.43. The number of carbonyl (C=O) groups is 2. The zero-order chi connectivity index (χ0) is 18.1. The van der Waals surface area contributed by atoms with Crippen molar-refractivity contribution in [1.82, 2.24) is 9.88 Å². The molecule has 0 radical (unpaired) electrons. The first-order chi connectivity index (χ1) is 11.1. The van der Waals surface area contributed by atoms with E-state index < -0.39 is 23.9 Å². The van der Waals surface area contributed by atoms with Crippen molar-refractivity contribution < 1.29 is 27.5 Å². The fourth-order valence-corrected chi connectivity index (χ4v) is 2.18. The Morgan fingerprint density at radius 2 is 1.96 bits per heavy atom. The van der Waals surface area contributed by atoms with Crippen molar-refractivity contribution in [2.24, 2.45) is 5.73 Å². The first-order valence-electron chi connectivity index (χ1n) is 6.78. The average molecular weight is 341 g/mol. The van der Waals surface area contributed by atoms with Gasteiger partial charge in [-0.25, -0.2) is 0 Å². The van der Waals surface area contributed by atoms with Gasteiger partial charge in [0.15, 0.2) is 0 Å². The van der Waals surface area contributed by atoms with E-state index in [9.17, 15) is 22.8 Å². The second-order valence-corrected chi connectivity index (χ2v) is 5.15. The Kier molecular flexibility index (Phi) is 4.63. The van der Waals surface area contributed by atoms with E-state index >= 15 is 0 Å². The van der Waals surface area contributed by atoms with Crippen LogP contribution in [0.5, 0.6) is 5.75 Å². The number of hydrogen-bond acceptors (Lipinski definition) is 4. The summed E-state index contributed by atoms with van der Waals surface area (Å²) in [5.41, 5.74) is 6.00. The Hall–Kier alpha value is -2.84. The molecule has 0 fully saturated rings. The standard InChI is InChI=1S/C15H14F3N3O3/c1-8-11(14(23)21(2)7-13(19)22)6-9-5-10(24-15(16,17)18)3-4-12(9)20-8/h3-6H,7H2,1-2H3,(H2,19,22). The van der Waals surface area contributed by atoms with E-state index in [2.05, 4.69) is 9.72 Å². The number of hydrogen-bond donors (Lipinski definition) is 1. The summed E-state index contributed by atoms with van der Waals surface area (Å²) < 4.78 is 40.8. The van der Waals surface area contributed by atoms with Gasteiger partial charge in [0, 0.05) is 12.4 Å². The van der Waals surface area contributed by atoms with Gasteiger partial charge in [0.05, 0.1) is 23.3 Å². The van der Waals surface area contributed by atoms with E-state index in [4.69, 9.17) is 5.73 Å². The summed E-state index contributed by atoms with van der Waals surface area (Å²) in [5, 5.41) is 0.304. The number of aryl methyl sites for hydroxylation is 1. The molecule has 2 aromatic rings. The normalized spacial score (nSPS) is 11.4. The number of primary amides is 1. The van der Waals surface area contributed by atoms with Gasteiger partial charge in [0.1, 0.15) is 5.75 Å². The first-order valence-corrected chi connectivity index (χ1v) is 6.78. The molecule has 2 rings (SSSR count). The number of alkyl halides is 3. The number of likely N-dealkylation sites (N-methyl/N-ethyl adjacent to an activating group) is 1. The van der Waals surface area contributed by atoms with Crippen LogP contribution in [-0.4, -0.2) is 41.7 Å². The smallest absolute Gasteiger partial charge is 0.406 e. The van der Waals surface area contributed by atoms with Crippen LogP contribution in [0.1, 0.15) is 16.1 Å². The molecule has 1 heterocycles. The second kappa shape index (κ2) is 6.34. The number of nitrogens with two attached hydrogens (primary N) is 1. The molecule has 128 valence electrons. The summed E-state index contributed by atoms with van der Waals surface area (Å²) in [4.78, 5) is 28.5. The van der Waals surface area contributed by atoms with E-state index in [0.717, 1.165) is 17.0 Å². The van der Waals surface area contributed by atoms with Crippen molar-refractivity contribution in [3.8, 4) is 5.75 Å². The van der Waals surface area contributed by atoms with E-state index in [1.165, 1.54) is 19.2 Å². The molecule has 0 saturated carbocycles. The monoisotopic (exact) mass is 341 g/mol. The molecule has 2 amide bonds. The maximum Gasteiger partial charge on any atom is 0.573 e. The highest BCUT2D eigenvalue weighted by Gasteiger charge is 2.31. The van der Waals surface area contributed by atoms with Gasteiger partial charge in [0.2, 0.25) is 5.91 Å². The number of rotatable bonds is 4. The third-order valence-electron chi connectivity index (χ3n) is 3.18. The molecule has 1 aromatic heterocycles. The molecule has 0 bridgehead atoms. The molecule has 0 unspecified atom stereocenters. The predicted octanol–water partition coefficient (Wildman–Crippen LogP) is 2.00. The summed E-state index contributed by atoms with van der Waals surface area (Å²) in [7, 11) is 1.39. The summed E-state index contributed by atoms with van der Waals surface area (Å²) in [6.45, 7) is 1.30. The van der Waals surface area contributed by atoms with Crippen molar-refractivity contribution in [3.05, 3.63) is 35.5 Å². The minimum atomic E-state index is -4.81. The number of aromatic nitrogens is 1. The van der Waals surface area contributed by atoms with Crippen LogP contribution in [0.25, 0.3) is 10.9 Å². The summed E-state index contributed by atoms with van der Waals surface area (Å²) in [5.74, 6) is -1.61. The van der Waals surface area contributed by atoms with Crippen LogP contribution in [0.3, 0.4) is 0 Å². The molecule has 0 atom stereocenters. The maximum atomic E-state index is 12.3. The van der Waals surface area contributed by atoms with Gasteiger partial charge in [-0.1, -0.05) is 0 Å². The number of amides is 2. The third kappa shape index (κ3) is 4.12. The molecule has 24 heavy (non-hydrogen) atoms. The molecule has 2 N–H and O–H groups in total. The molecule has 0 spiro atoms. The maximum absolute atomic E-state index is 12.3. The van der Waals surface area contributed by atoms with Crippen molar-refractivity contribution >= 4 is 22.7 Å². The number of nitrogens with zero attached hydrogens (tertiary/aromatic N) is 2. The van der Waals surface area contributed by atoms with E-state index in [1.807, 2.05) is 0 Å². The summed E-state index contributed by atoms with van der Waals surface area (Å²) >= 11 is 0. The molecule has 1 aromatic carbocycles. The van der Waals surface area contributed by atoms with Crippen molar-refractivity contribution in [2.45, 2.75) is 13.3 Å². The lowest BCUT2D eigenvalue weighted by Gasteiger charge is -2.17. The van der Waals surface area contributed by atoms with Gasteiger partial charge >= 0.3 is 6.36 Å². The molecule has 6 nitrogen and oxygen atoms in total. The highest BCUT2D eigenvalue weighted by atomic mass is 19.4. The molecule has 0 aliphatic carbocycles. The lowest BCUT2D eigenvalue weighted by Crippen LogP contribution is -2.35. The second-order valence-electron chi connectivity index (χ2n) is 5.15. The molecular weight excluding hydrogens is 327 g/mol. The fourth-order valence-electron chi connectivity index (χ4n) is 2.18. The number of pyridine rings is 1. The summed E-state index contributed by atoms with van der Waals surface area (Å²) in [6.07, 6.45) is -4.81. The van der Waals surface area contributed by atoms with Crippen LogP contribution in [0.2, 0.25) is 0 Å². The quantitative estimate of drug-likeness (QED) is 0.922. The minimum Gasteiger partial charge on any atom is -0.406 e. The molecule has 0 aliphatic rings. The summed E-state index contributed by atoms with van der Waals surface area (Å²) in [6, 6.07) is 5.05. The van der Waals surface area contributed by atoms with Crippen LogP contribution in [0.15, 0.2) is 24.3 Å². The van der Waals surface area contributed by atoms with E-state index in [1.54, 1.807) is 6.92 Å². The van der Waals surface area contributed by atoms with E-state index in [-0.39, 0.29) is 12.1 Å². The van der Waals surface area contributed by atoms with Crippen LogP contribution >= 0.6 is 0 Å². The minimum absolute atomic E-state index is 0.162. The van der Waals surface area contributed by atoms with Gasteiger partial charge in [0.25, 0.3) is 5.91 Å². The Balaban J connectivity index is 2.42. The van der Waals surface area contributed by atoms with Crippen molar-refractivity contribution in [3.63, 3.8) is 0 Å². The lowest BCUT2D eigenvalue weighted by atomic mass is 10.1. The topological polar surface area (TPSA) is 85.5 Å². The van der Waals surface area contributed by atoms with Gasteiger partial charge in [-0.15, -0.1) is 13.2 Å². The SMILES string of the molecule is Cc1nc2ccc(OC(F)(F)F)cc2cc1C(=O)N(C)CC(N)=O. The highest BCUT2D eigenvalue weighted by molar-refractivity contribution is 6.00. The van der Waals surface area contributed by atoms with Crippen LogP contribution in [-0.2, 0) is 4.79 Å². The van der Waals surface area contributed by atoms with Crippen molar-refractivity contribution in [1.29, 1.82) is 0 Å². The number of fused-ring (bicyclic) bond motifs is 1. The van der Waals surface area contributed by atoms with Gasteiger partial charge < -0.3 is 15.4 Å². The van der Waals surface area contributed by atoms with Gasteiger partial charge in [-0.05, 0) is 31.2 Å². The Labute approximate surface area is 135 Å². The number of benzene rings is 1. The van der Waals surface area contributed by atoms with Crippen LogP contribution < -0.4 is 10.5 Å². The first kappa shape index (κ1) is 17.5.